The molecule has 9 nitrogen and oxygen atoms in total. The number of anilines is 1. The maximum absolute atomic E-state index is 10.2. The van der Waals surface area contributed by atoms with Crippen molar-refractivity contribution in [2.45, 2.75) is 0 Å². The lowest BCUT2D eigenvalue weighted by molar-refractivity contribution is -0.142. The first-order valence-corrected chi connectivity index (χ1v) is 8.77. The summed E-state index contributed by atoms with van der Waals surface area (Å²) in [6.07, 6.45) is 0. The van der Waals surface area contributed by atoms with Gasteiger partial charge in [0, 0.05) is 5.69 Å². The lowest BCUT2D eigenvalue weighted by Crippen LogP contribution is -2.15. The third-order valence-electron chi connectivity index (χ3n) is 3.09. The second-order valence-corrected chi connectivity index (χ2v) is 5.31. The van der Waals surface area contributed by atoms with Gasteiger partial charge >= 0.3 is 5.97 Å². The Morgan fingerprint density at radius 2 is 1.11 bits per heavy atom. The number of hydrogen-bond donors (Lipinski definition) is 2. The number of benzene rings is 1. The highest BCUT2D eigenvalue weighted by Gasteiger charge is 1.97. The second kappa shape index (κ2) is 16.3. The first-order valence-electron chi connectivity index (χ1n) is 8.77. The molecule has 27 heavy (non-hydrogen) atoms. The quantitative estimate of drug-likeness (QED) is 0.279. The van der Waals surface area contributed by atoms with E-state index in [9.17, 15) is 4.79 Å². The molecular weight excluding hydrogens is 358 g/mol. The van der Waals surface area contributed by atoms with Crippen molar-refractivity contribution < 1.29 is 38.3 Å². The average molecular weight is 387 g/mol. The van der Waals surface area contributed by atoms with Crippen LogP contribution in [0.5, 0.6) is 5.75 Å². The van der Waals surface area contributed by atoms with Crippen LogP contribution < -0.4 is 10.5 Å². The summed E-state index contributed by atoms with van der Waals surface area (Å²) in [7, 11) is 0. The summed E-state index contributed by atoms with van der Waals surface area (Å²) >= 11 is 0. The summed E-state index contributed by atoms with van der Waals surface area (Å²) < 4.78 is 31.6. The molecule has 9 heteroatoms. The zero-order chi connectivity index (χ0) is 19.6. The van der Waals surface area contributed by atoms with E-state index in [1.54, 1.807) is 12.1 Å². The van der Waals surface area contributed by atoms with Gasteiger partial charge in [-0.25, -0.2) is 4.79 Å². The van der Waals surface area contributed by atoms with E-state index in [1.807, 2.05) is 12.1 Å². The van der Waals surface area contributed by atoms with Gasteiger partial charge in [0.1, 0.15) is 19.0 Å². The normalized spacial score (nSPS) is 10.8. The maximum Gasteiger partial charge on any atom is 0.329 e. The molecule has 0 fully saturated rings. The van der Waals surface area contributed by atoms with E-state index in [2.05, 4.69) is 0 Å². The van der Waals surface area contributed by atoms with Crippen molar-refractivity contribution >= 4 is 11.7 Å². The Balaban J connectivity index is 1.73. The molecule has 0 aromatic heterocycles. The molecule has 3 N–H and O–H groups in total. The van der Waals surface area contributed by atoms with Gasteiger partial charge in [0.05, 0.1) is 59.5 Å². The van der Waals surface area contributed by atoms with Crippen LogP contribution in [0.15, 0.2) is 24.3 Å². The van der Waals surface area contributed by atoms with Crippen molar-refractivity contribution in [1.29, 1.82) is 0 Å². The third kappa shape index (κ3) is 14.9. The van der Waals surface area contributed by atoms with Crippen LogP contribution in [-0.4, -0.2) is 83.8 Å². The molecule has 0 saturated heterocycles. The Hall–Kier alpha value is -1.91. The van der Waals surface area contributed by atoms with Crippen LogP contribution in [0.1, 0.15) is 0 Å². The summed E-state index contributed by atoms with van der Waals surface area (Å²) in [5.41, 5.74) is 6.30. The van der Waals surface area contributed by atoms with E-state index >= 15 is 0 Å². The fraction of sp³-hybridized carbons (Fsp3) is 0.611. The monoisotopic (exact) mass is 387 g/mol. The molecule has 0 saturated carbocycles. The Morgan fingerprint density at radius 3 is 1.56 bits per heavy atom. The molecule has 0 bridgehead atoms. The number of nitrogen functional groups attached to an aromatic ring is 1. The number of ether oxygens (including phenoxy) is 6. The lowest BCUT2D eigenvalue weighted by atomic mass is 10.3. The highest BCUT2D eigenvalue weighted by Crippen LogP contribution is 2.12. The number of rotatable bonds is 18. The minimum Gasteiger partial charge on any atom is -0.491 e. The largest absolute Gasteiger partial charge is 0.491 e. The average Bonchev–Trinajstić information content (AvgIpc) is 2.65. The van der Waals surface area contributed by atoms with Gasteiger partial charge in [-0.3, -0.25) is 0 Å². The molecule has 0 aliphatic rings. The van der Waals surface area contributed by atoms with E-state index in [1.165, 1.54) is 0 Å². The number of nitrogens with two attached hydrogens (primary N) is 1. The fourth-order valence-corrected chi connectivity index (χ4v) is 1.82. The van der Waals surface area contributed by atoms with Gasteiger partial charge in [-0.15, -0.1) is 0 Å². The number of aliphatic carboxylic acids is 1. The Bertz CT molecular complexity index is 483. The standard InChI is InChI=1S/C18H29NO8/c19-16-1-3-17(4-2-16)27-14-13-25-10-9-23-6-5-22-7-8-24-11-12-26-15-18(20)21/h1-4H,5-15,19H2,(H,20,21). The van der Waals surface area contributed by atoms with Gasteiger partial charge in [-0.05, 0) is 24.3 Å². The first-order chi connectivity index (χ1) is 13.2. The molecule has 0 spiro atoms. The minimum absolute atomic E-state index is 0.250. The smallest absolute Gasteiger partial charge is 0.329 e. The van der Waals surface area contributed by atoms with Gasteiger partial charge < -0.3 is 39.3 Å². The topological polar surface area (TPSA) is 119 Å². The third-order valence-corrected chi connectivity index (χ3v) is 3.09. The predicted octanol–water partition coefficient (Wildman–Crippen LogP) is 0.815. The van der Waals surface area contributed by atoms with Crippen molar-refractivity contribution in [3.8, 4) is 5.75 Å². The van der Waals surface area contributed by atoms with Crippen LogP contribution in [0, 0.1) is 0 Å². The Labute approximate surface area is 159 Å². The van der Waals surface area contributed by atoms with Crippen molar-refractivity contribution in [3.05, 3.63) is 24.3 Å². The molecule has 0 aliphatic heterocycles. The van der Waals surface area contributed by atoms with E-state index < -0.39 is 5.97 Å². The van der Waals surface area contributed by atoms with Crippen molar-refractivity contribution in [2.75, 3.05) is 78.4 Å². The molecule has 0 amide bonds. The first kappa shape index (κ1) is 23.1. The molecule has 1 aromatic carbocycles. The van der Waals surface area contributed by atoms with Crippen LogP contribution in [0.25, 0.3) is 0 Å². The molecule has 0 radical (unpaired) electrons. The summed E-state index contributed by atoms with van der Waals surface area (Å²) in [5.74, 6) is -0.229. The Morgan fingerprint density at radius 1 is 0.704 bits per heavy atom. The van der Waals surface area contributed by atoms with Gasteiger partial charge in [0.25, 0.3) is 0 Å². The number of hydrogen-bond acceptors (Lipinski definition) is 8. The van der Waals surface area contributed by atoms with Crippen LogP contribution in [0.3, 0.4) is 0 Å². The van der Waals surface area contributed by atoms with Crippen LogP contribution in [0.2, 0.25) is 0 Å². The van der Waals surface area contributed by atoms with Gasteiger partial charge in [-0.2, -0.15) is 0 Å². The molecule has 154 valence electrons. The van der Waals surface area contributed by atoms with Crippen molar-refractivity contribution in [3.63, 3.8) is 0 Å². The molecule has 0 aliphatic carbocycles. The fourth-order valence-electron chi connectivity index (χ4n) is 1.82. The molecule has 0 heterocycles. The highest BCUT2D eigenvalue weighted by atomic mass is 16.6. The Kier molecular flexibility index (Phi) is 13.9. The molecule has 0 atom stereocenters. The van der Waals surface area contributed by atoms with E-state index in [4.69, 9.17) is 39.3 Å². The van der Waals surface area contributed by atoms with Crippen molar-refractivity contribution in [2.24, 2.45) is 0 Å². The number of carboxylic acid groups (broad SMARTS) is 1. The number of carboxylic acids is 1. The lowest BCUT2D eigenvalue weighted by Gasteiger charge is -2.08. The van der Waals surface area contributed by atoms with E-state index in [0.717, 1.165) is 5.75 Å². The van der Waals surface area contributed by atoms with Crippen molar-refractivity contribution in [1.82, 2.24) is 0 Å². The van der Waals surface area contributed by atoms with E-state index in [0.29, 0.717) is 65.1 Å². The summed E-state index contributed by atoms with van der Waals surface area (Å²) in [6, 6.07) is 7.21. The zero-order valence-electron chi connectivity index (χ0n) is 15.5. The SMILES string of the molecule is Nc1ccc(OCCOCCOCCOCCOCCOCC(=O)O)cc1. The van der Waals surface area contributed by atoms with E-state index in [-0.39, 0.29) is 13.2 Å². The summed E-state index contributed by atoms with van der Waals surface area (Å²) in [4.78, 5) is 10.2. The molecule has 1 aromatic rings. The number of carbonyl (C=O) groups is 1. The molecular formula is C18H29NO8. The summed E-state index contributed by atoms with van der Waals surface area (Å²) in [5, 5.41) is 8.36. The summed E-state index contributed by atoms with van der Waals surface area (Å²) in [6.45, 7) is 4.03. The maximum atomic E-state index is 10.2. The van der Waals surface area contributed by atoms with Gasteiger partial charge in [0.15, 0.2) is 0 Å². The second-order valence-electron chi connectivity index (χ2n) is 5.31. The highest BCUT2D eigenvalue weighted by molar-refractivity contribution is 5.67. The predicted molar refractivity (Wildman–Crippen MR) is 98.1 cm³/mol. The molecule has 0 unspecified atom stereocenters. The van der Waals surface area contributed by atoms with Gasteiger partial charge in [0.2, 0.25) is 0 Å². The van der Waals surface area contributed by atoms with Crippen LogP contribution >= 0.6 is 0 Å². The minimum atomic E-state index is -0.991. The zero-order valence-corrected chi connectivity index (χ0v) is 15.5. The van der Waals surface area contributed by atoms with Crippen LogP contribution in [-0.2, 0) is 28.5 Å². The van der Waals surface area contributed by atoms with Gasteiger partial charge in [-0.1, -0.05) is 0 Å². The van der Waals surface area contributed by atoms with Crippen LogP contribution in [0.4, 0.5) is 5.69 Å². The molecule has 1 rings (SSSR count).